The van der Waals surface area contributed by atoms with Gasteiger partial charge in [-0.05, 0) is 42.5 Å². The Morgan fingerprint density at radius 3 is 2.65 bits per heavy atom. The average molecular weight is 336 g/mol. The molecule has 3 aliphatic rings. The summed E-state index contributed by atoms with van der Waals surface area (Å²) >= 11 is 3.48. The van der Waals surface area contributed by atoms with Crippen molar-refractivity contribution < 1.29 is 9.47 Å². The Morgan fingerprint density at radius 1 is 1.15 bits per heavy atom. The highest BCUT2D eigenvalue weighted by Crippen LogP contribution is 2.40. The fraction of sp³-hybridized carbons (Fsp3) is 0.500. The zero-order valence-electron chi connectivity index (χ0n) is 11.3. The van der Waals surface area contributed by atoms with Crippen molar-refractivity contribution in [3.8, 4) is 0 Å². The van der Waals surface area contributed by atoms with Gasteiger partial charge in [0.05, 0.1) is 12.4 Å². The van der Waals surface area contributed by atoms with E-state index in [-0.39, 0.29) is 6.23 Å². The van der Waals surface area contributed by atoms with E-state index in [0.717, 1.165) is 17.5 Å². The molecule has 1 aromatic rings. The fourth-order valence-electron chi connectivity index (χ4n) is 3.15. The summed E-state index contributed by atoms with van der Waals surface area (Å²) in [6.45, 7) is 1.46. The molecule has 0 amide bonds. The highest BCUT2D eigenvalue weighted by molar-refractivity contribution is 9.10. The first kappa shape index (κ1) is 12.9. The molecule has 20 heavy (non-hydrogen) atoms. The van der Waals surface area contributed by atoms with Crippen LogP contribution in [0.25, 0.3) is 0 Å². The molecule has 4 rings (SSSR count). The van der Waals surface area contributed by atoms with Gasteiger partial charge in [0.25, 0.3) is 0 Å². The summed E-state index contributed by atoms with van der Waals surface area (Å²) < 4.78 is 13.1. The van der Waals surface area contributed by atoms with Gasteiger partial charge < -0.3 is 9.47 Å². The van der Waals surface area contributed by atoms with E-state index in [1.54, 1.807) is 0 Å². The third-order valence-corrected chi connectivity index (χ3v) is 5.06. The maximum absolute atomic E-state index is 6.01. The molecule has 0 radical (unpaired) electrons. The molecule has 2 atom stereocenters. The second kappa shape index (κ2) is 5.17. The van der Waals surface area contributed by atoms with E-state index in [1.165, 1.54) is 36.2 Å². The minimum Gasteiger partial charge on any atom is -0.482 e. The van der Waals surface area contributed by atoms with Gasteiger partial charge in [-0.15, -0.1) is 0 Å². The van der Waals surface area contributed by atoms with Crippen LogP contribution in [0.15, 0.2) is 40.1 Å². The van der Waals surface area contributed by atoms with Crippen LogP contribution >= 0.6 is 15.9 Å². The lowest BCUT2D eigenvalue weighted by Gasteiger charge is -2.35. The Morgan fingerprint density at radius 2 is 1.95 bits per heavy atom. The van der Waals surface area contributed by atoms with E-state index in [0.29, 0.717) is 12.8 Å². The van der Waals surface area contributed by atoms with Crippen molar-refractivity contribution in [2.24, 2.45) is 0 Å². The minimum atomic E-state index is 0.0426. The van der Waals surface area contributed by atoms with Crippen LogP contribution in [0.1, 0.15) is 37.5 Å². The SMILES string of the molecule is Brc1ccc([C@H]2OC[C@@H]3CC(=C4CCC4)OCN32)cc1. The highest BCUT2D eigenvalue weighted by Gasteiger charge is 2.40. The maximum atomic E-state index is 6.01. The van der Waals surface area contributed by atoms with Gasteiger partial charge in [0.1, 0.15) is 13.0 Å². The first-order valence-corrected chi connectivity index (χ1v) is 8.07. The molecular formula is C16H18BrNO2. The second-order valence-corrected chi connectivity index (χ2v) is 6.68. The smallest absolute Gasteiger partial charge is 0.144 e. The van der Waals surface area contributed by atoms with Crippen LogP contribution in [-0.2, 0) is 9.47 Å². The quantitative estimate of drug-likeness (QED) is 0.775. The third kappa shape index (κ3) is 2.20. The molecule has 2 aliphatic heterocycles. The molecule has 3 nitrogen and oxygen atoms in total. The zero-order valence-corrected chi connectivity index (χ0v) is 12.9. The van der Waals surface area contributed by atoms with Crippen LogP contribution < -0.4 is 0 Å². The van der Waals surface area contributed by atoms with Gasteiger partial charge in [-0.3, -0.25) is 0 Å². The minimum absolute atomic E-state index is 0.0426. The summed E-state index contributed by atoms with van der Waals surface area (Å²) in [6, 6.07) is 8.85. The van der Waals surface area contributed by atoms with Crippen LogP contribution in [0.5, 0.6) is 0 Å². The summed E-state index contributed by atoms with van der Waals surface area (Å²) in [5.74, 6) is 1.25. The van der Waals surface area contributed by atoms with Crippen molar-refractivity contribution >= 4 is 15.9 Å². The molecule has 0 aromatic heterocycles. The van der Waals surface area contributed by atoms with Crippen molar-refractivity contribution in [3.05, 3.63) is 45.6 Å². The number of rotatable bonds is 1. The Hall–Kier alpha value is -0.840. The number of benzene rings is 1. The Bertz CT molecular complexity index is 534. The maximum Gasteiger partial charge on any atom is 0.144 e. The van der Waals surface area contributed by atoms with Crippen molar-refractivity contribution in [2.45, 2.75) is 38.0 Å². The first-order valence-electron chi connectivity index (χ1n) is 7.28. The molecule has 4 heteroatoms. The van der Waals surface area contributed by atoms with Gasteiger partial charge in [-0.25, -0.2) is 4.90 Å². The van der Waals surface area contributed by atoms with Crippen molar-refractivity contribution in [3.63, 3.8) is 0 Å². The fourth-order valence-corrected chi connectivity index (χ4v) is 3.42. The standard InChI is InChI=1S/C16H18BrNO2/c17-13-6-4-12(5-7-13)16-18-10-20-15(11-2-1-3-11)8-14(18)9-19-16/h4-7,14,16H,1-3,8-10H2/t14-,16+/m0/s1. The molecule has 2 heterocycles. The second-order valence-electron chi connectivity index (χ2n) is 5.76. The van der Waals surface area contributed by atoms with E-state index in [9.17, 15) is 0 Å². The summed E-state index contributed by atoms with van der Waals surface area (Å²) in [5, 5.41) is 0. The third-order valence-electron chi connectivity index (χ3n) is 4.53. The molecule has 106 valence electrons. The van der Waals surface area contributed by atoms with Gasteiger partial charge in [-0.1, -0.05) is 28.1 Å². The van der Waals surface area contributed by atoms with Crippen LogP contribution in [-0.4, -0.2) is 24.3 Å². The number of ether oxygens (including phenoxy) is 2. The van der Waals surface area contributed by atoms with Gasteiger partial charge in [-0.2, -0.15) is 0 Å². The van der Waals surface area contributed by atoms with E-state index < -0.39 is 0 Å². The molecule has 2 saturated heterocycles. The van der Waals surface area contributed by atoms with E-state index in [4.69, 9.17) is 9.47 Å². The van der Waals surface area contributed by atoms with E-state index in [2.05, 4.69) is 45.1 Å². The molecule has 0 unspecified atom stereocenters. The lowest BCUT2D eigenvalue weighted by Crippen LogP contribution is -2.39. The normalized spacial score (nSPS) is 29.9. The molecule has 1 aromatic carbocycles. The number of hydrogen-bond donors (Lipinski definition) is 0. The number of hydrogen-bond acceptors (Lipinski definition) is 3. The summed E-state index contributed by atoms with van der Waals surface area (Å²) in [7, 11) is 0. The summed E-state index contributed by atoms with van der Waals surface area (Å²) in [6.07, 6.45) is 4.86. The number of halogens is 1. The largest absolute Gasteiger partial charge is 0.482 e. The van der Waals surface area contributed by atoms with E-state index >= 15 is 0 Å². The molecule has 0 spiro atoms. The monoisotopic (exact) mass is 335 g/mol. The van der Waals surface area contributed by atoms with Crippen molar-refractivity contribution in [1.29, 1.82) is 0 Å². The van der Waals surface area contributed by atoms with Crippen LogP contribution in [0.4, 0.5) is 0 Å². The summed E-state index contributed by atoms with van der Waals surface area (Å²) in [5.41, 5.74) is 2.75. The molecular weight excluding hydrogens is 318 g/mol. The predicted octanol–water partition coefficient (Wildman–Crippen LogP) is 3.96. The predicted molar refractivity (Wildman–Crippen MR) is 79.9 cm³/mol. The topological polar surface area (TPSA) is 21.7 Å². The Kier molecular flexibility index (Phi) is 3.33. The number of fused-ring (bicyclic) bond motifs is 1. The Balaban J connectivity index is 1.52. The Labute approximate surface area is 127 Å². The first-order chi connectivity index (χ1) is 9.81. The van der Waals surface area contributed by atoms with Crippen LogP contribution in [0.2, 0.25) is 0 Å². The molecule has 1 saturated carbocycles. The molecule has 3 fully saturated rings. The molecule has 0 bridgehead atoms. The summed E-state index contributed by atoms with van der Waals surface area (Å²) in [4.78, 5) is 2.34. The van der Waals surface area contributed by atoms with Gasteiger partial charge in [0.2, 0.25) is 0 Å². The van der Waals surface area contributed by atoms with Crippen molar-refractivity contribution in [2.75, 3.05) is 13.3 Å². The average Bonchev–Trinajstić information content (AvgIpc) is 2.81. The lowest BCUT2D eigenvalue weighted by atomic mass is 9.89. The van der Waals surface area contributed by atoms with Crippen LogP contribution in [0.3, 0.4) is 0 Å². The lowest BCUT2D eigenvalue weighted by molar-refractivity contribution is -0.0504. The number of allylic oxidation sites excluding steroid dienone is 1. The zero-order chi connectivity index (χ0) is 13.5. The van der Waals surface area contributed by atoms with Gasteiger partial charge >= 0.3 is 0 Å². The number of nitrogens with zero attached hydrogens (tertiary/aromatic N) is 1. The molecule has 1 aliphatic carbocycles. The molecule has 0 N–H and O–H groups in total. The highest BCUT2D eigenvalue weighted by atomic mass is 79.9. The van der Waals surface area contributed by atoms with Gasteiger partial charge in [0, 0.05) is 16.9 Å². The van der Waals surface area contributed by atoms with Crippen LogP contribution in [0, 0.1) is 0 Å². The van der Waals surface area contributed by atoms with E-state index in [1.807, 2.05) is 0 Å². The van der Waals surface area contributed by atoms with Crippen molar-refractivity contribution in [1.82, 2.24) is 4.90 Å². The van der Waals surface area contributed by atoms with Gasteiger partial charge in [0.15, 0.2) is 0 Å².